The van der Waals surface area contributed by atoms with Crippen LogP contribution in [-0.4, -0.2) is 22.9 Å². The molecule has 0 saturated carbocycles. The molecule has 0 radical (unpaired) electrons. The zero-order valence-electron chi connectivity index (χ0n) is 22.5. The van der Waals surface area contributed by atoms with Gasteiger partial charge in [-0.25, -0.2) is 4.79 Å². The summed E-state index contributed by atoms with van der Waals surface area (Å²) in [5, 5.41) is 16.2. The van der Waals surface area contributed by atoms with E-state index in [0.29, 0.717) is 16.5 Å². The van der Waals surface area contributed by atoms with Gasteiger partial charge in [0.05, 0.1) is 5.56 Å². The summed E-state index contributed by atoms with van der Waals surface area (Å²) in [5.41, 5.74) is 4.50. The smallest absolute Gasteiger partial charge is 0.336 e. The molecule has 204 valence electrons. The van der Waals surface area contributed by atoms with Crippen molar-refractivity contribution in [2.75, 3.05) is 10.6 Å². The van der Waals surface area contributed by atoms with E-state index in [1.54, 1.807) is 36.4 Å². The fourth-order valence-electron chi connectivity index (χ4n) is 4.79. The number of amides is 2. The third kappa shape index (κ3) is 6.15. The van der Waals surface area contributed by atoms with Gasteiger partial charge in [-0.15, -0.1) is 11.8 Å². The van der Waals surface area contributed by atoms with Gasteiger partial charge in [-0.3, -0.25) is 9.59 Å². The second-order valence-corrected chi connectivity index (χ2v) is 10.8. The molecule has 0 saturated heterocycles. The molecular weight excluding hydrogens is 532 g/mol. The molecule has 5 aromatic rings. The highest BCUT2D eigenvalue weighted by molar-refractivity contribution is 8.00. The molecule has 2 amide bonds. The average molecular weight is 561 g/mol. The molecule has 41 heavy (non-hydrogen) atoms. The number of anilines is 2. The Bertz CT molecular complexity index is 1740. The monoisotopic (exact) mass is 560 g/mol. The van der Waals surface area contributed by atoms with Crippen LogP contribution in [0.1, 0.15) is 42.7 Å². The minimum atomic E-state index is -1.10. The zero-order valence-corrected chi connectivity index (χ0v) is 23.4. The van der Waals surface area contributed by atoms with E-state index in [1.165, 1.54) is 17.8 Å². The molecule has 0 heterocycles. The van der Waals surface area contributed by atoms with Gasteiger partial charge in [-0.1, -0.05) is 78.9 Å². The third-order valence-corrected chi connectivity index (χ3v) is 8.04. The number of rotatable bonds is 8. The van der Waals surface area contributed by atoms with Gasteiger partial charge in [0.2, 0.25) is 5.91 Å². The summed E-state index contributed by atoms with van der Waals surface area (Å²) in [6, 6.07) is 32.8. The summed E-state index contributed by atoms with van der Waals surface area (Å²) in [4.78, 5) is 39.6. The van der Waals surface area contributed by atoms with Crippen LogP contribution in [0.3, 0.4) is 0 Å². The van der Waals surface area contributed by atoms with Crippen molar-refractivity contribution in [3.8, 4) is 0 Å². The Morgan fingerprint density at radius 1 is 0.707 bits per heavy atom. The minimum absolute atomic E-state index is 0.0677. The van der Waals surface area contributed by atoms with Gasteiger partial charge in [0.15, 0.2) is 0 Å². The van der Waals surface area contributed by atoms with E-state index in [0.717, 1.165) is 27.3 Å². The summed E-state index contributed by atoms with van der Waals surface area (Å²) >= 11 is 1.39. The van der Waals surface area contributed by atoms with E-state index in [-0.39, 0.29) is 17.0 Å². The SMILES string of the molecule is Cc1cccc(C)c1NC(=O)C(Sc1cccc(NC(=O)c2cccc3cccc(C(=O)O)c23)c1)c1ccccc1. The molecule has 0 aliphatic heterocycles. The van der Waals surface area contributed by atoms with Crippen LogP contribution in [0.25, 0.3) is 10.8 Å². The highest BCUT2D eigenvalue weighted by atomic mass is 32.2. The maximum absolute atomic E-state index is 13.6. The standard InChI is InChI=1S/C34H28N2O4S/c1-21-10-6-11-22(2)30(21)36-33(38)31(24-12-4-3-5-13-24)41-26-17-9-16-25(20-26)35-32(37)27-18-7-14-23-15-8-19-28(29(23)27)34(39)40/h3-20,31H,1-2H3,(H,35,37)(H,36,38)(H,39,40). The first kappa shape index (κ1) is 27.7. The van der Waals surface area contributed by atoms with Crippen LogP contribution in [-0.2, 0) is 4.79 Å². The van der Waals surface area contributed by atoms with Crippen molar-refractivity contribution in [1.29, 1.82) is 0 Å². The van der Waals surface area contributed by atoms with Crippen LogP contribution in [0.15, 0.2) is 114 Å². The molecular formula is C34H28N2O4S. The van der Waals surface area contributed by atoms with Gasteiger partial charge in [0.1, 0.15) is 5.25 Å². The lowest BCUT2D eigenvalue weighted by Crippen LogP contribution is -2.20. The predicted octanol–water partition coefficient (Wildman–Crippen LogP) is 7.88. The lowest BCUT2D eigenvalue weighted by molar-refractivity contribution is -0.115. The summed E-state index contributed by atoms with van der Waals surface area (Å²) in [7, 11) is 0. The number of aromatic carboxylic acids is 1. The van der Waals surface area contributed by atoms with Gasteiger partial charge in [-0.2, -0.15) is 0 Å². The Hall–Kier alpha value is -4.88. The van der Waals surface area contributed by atoms with Gasteiger partial charge < -0.3 is 15.7 Å². The lowest BCUT2D eigenvalue weighted by atomic mass is 9.98. The molecule has 1 atom stereocenters. The topological polar surface area (TPSA) is 95.5 Å². The lowest BCUT2D eigenvalue weighted by Gasteiger charge is -2.19. The fourth-order valence-corrected chi connectivity index (χ4v) is 5.87. The summed E-state index contributed by atoms with van der Waals surface area (Å²) in [5.74, 6) is -1.66. The predicted molar refractivity (Wildman–Crippen MR) is 165 cm³/mol. The van der Waals surface area contributed by atoms with Crippen molar-refractivity contribution >= 4 is 51.7 Å². The Morgan fingerprint density at radius 2 is 1.34 bits per heavy atom. The molecule has 0 aliphatic rings. The molecule has 0 spiro atoms. The molecule has 7 heteroatoms. The largest absolute Gasteiger partial charge is 0.478 e. The molecule has 0 bridgehead atoms. The molecule has 0 aromatic heterocycles. The van der Waals surface area contributed by atoms with Crippen molar-refractivity contribution in [3.05, 3.63) is 137 Å². The number of carbonyl (C=O) groups excluding carboxylic acids is 2. The van der Waals surface area contributed by atoms with Crippen LogP contribution in [0.5, 0.6) is 0 Å². The Labute approximate surface area is 242 Å². The van der Waals surface area contributed by atoms with Crippen LogP contribution < -0.4 is 10.6 Å². The van der Waals surface area contributed by atoms with Crippen molar-refractivity contribution < 1.29 is 19.5 Å². The first-order valence-corrected chi connectivity index (χ1v) is 13.9. The van der Waals surface area contributed by atoms with Gasteiger partial charge >= 0.3 is 5.97 Å². The first-order chi connectivity index (χ1) is 19.8. The highest BCUT2D eigenvalue weighted by Crippen LogP contribution is 2.38. The number of carboxylic acids is 1. The van der Waals surface area contributed by atoms with Crippen LogP contribution >= 0.6 is 11.8 Å². The van der Waals surface area contributed by atoms with Crippen molar-refractivity contribution in [2.45, 2.75) is 24.0 Å². The highest BCUT2D eigenvalue weighted by Gasteiger charge is 2.24. The van der Waals surface area contributed by atoms with E-state index < -0.39 is 17.1 Å². The number of thioether (sulfide) groups is 1. The second-order valence-electron chi connectivity index (χ2n) is 9.66. The van der Waals surface area contributed by atoms with E-state index in [1.807, 2.05) is 80.6 Å². The van der Waals surface area contributed by atoms with Crippen molar-refractivity contribution in [2.24, 2.45) is 0 Å². The normalized spacial score (nSPS) is 11.6. The minimum Gasteiger partial charge on any atom is -0.478 e. The number of para-hydroxylation sites is 1. The number of hydrogen-bond acceptors (Lipinski definition) is 4. The van der Waals surface area contributed by atoms with Gasteiger partial charge in [0.25, 0.3) is 5.91 Å². The summed E-state index contributed by atoms with van der Waals surface area (Å²) < 4.78 is 0. The first-order valence-electron chi connectivity index (χ1n) is 13.1. The molecule has 5 aromatic carbocycles. The number of carbonyl (C=O) groups is 3. The fraction of sp³-hybridized carbons (Fsp3) is 0.0882. The number of hydrogen-bond donors (Lipinski definition) is 3. The molecule has 1 unspecified atom stereocenters. The molecule has 3 N–H and O–H groups in total. The van der Waals surface area contributed by atoms with E-state index in [9.17, 15) is 19.5 Å². The van der Waals surface area contributed by atoms with Crippen molar-refractivity contribution in [1.82, 2.24) is 0 Å². The quantitative estimate of drug-likeness (QED) is 0.168. The summed E-state index contributed by atoms with van der Waals surface area (Å²) in [6.45, 7) is 3.93. The number of fused-ring (bicyclic) bond motifs is 1. The van der Waals surface area contributed by atoms with Crippen molar-refractivity contribution in [3.63, 3.8) is 0 Å². The molecule has 0 aliphatic carbocycles. The van der Waals surface area contributed by atoms with E-state index in [4.69, 9.17) is 0 Å². The Balaban J connectivity index is 1.42. The Morgan fingerprint density at radius 3 is 2.02 bits per heavy atom. The van der Waals surface area contributed by atoms with Crippen LogP contribution in [0.4, 0.5) is 11.4 Å². The van der Waals surface area contributed by atoms with Crippen LogP contribution in [0.2, 0.25) is 0 Å². The molecule has 0 fully saturated rings. The number of benzene rings is 5. The van der Waals surface area contributed by atoms with E-state index >= 15 is 0 Å². The second kappa shape index (κ2) is 12.1. The maximum Gasteiger partial charge on any atom is 0.336 e. The maximum atomic E-state index is 13.6. The van der Waals surface area contributed by atoms with Gasteiger partial charge in [-0.05, 0) is 66.3 Å². The zero-order chi connectivity index (χ0) is 28.9. The van der Waals surface area contributed by atoms with Gasteiger partial charge in [0, 0.05) is 27.2 Å². The molecule has 5 rings (SSSR count). The third-order valence-electron chi connectivity index (χ3n) is 6.80. The number of carboxylic acid groups (broad SMARTS) is 1. The summed E-state index contributed by atoms with van der Waals surface area (Å²) in [6.07, 6.45) is 0. The van der Waals surface area contributed by atoms with E-state index in [2.05, 4.69) is 10.6 Å². The van der Waals surface area contributed by atoms with Crippen LogP contribution in [0, 0.1) is 13.8 Å². The number of nitrogens with one attached hydrogen (secondary N) is 2. The molecule has 6 nitrogen and oxygen atoms in total. The Kier molecular flexibility index (Phi) is 8.17. The average Bonchev–Trinajstić information content (AvgIpc) is 2.97. The number of aryl methyl sites for hydroxylation is 2.